The Kier molecular flexibility index (Phi) is 8.49. The van der Waals surface area contributed by atoms with Gasteiger partial charge in [-0.1, -0.05) is 42.5 Å². The van der Waals surface area contributed by atoms with Crippen LogP contribution in [0.3, 0.4) is 0 Å². The van der Waals surface area contributed by atoms with Gasteiger partial charge in [-0.25, -0.2) is 0 Å². The van der Waals surface area contributed by atoms with Crippen molar-refractivity contribution in [2.75, 3.05) is 39.5 Å². The standard InChI is InChI=1S/C23H30N2O4/c1-19-16-25(10-11-28-19)17-21-7-5-6-20(14-21)15-24-23(26)18-27-12-13-29-22-8-3-2-4-9-22/h2-9,14,19H,10-13,15-18H2,1H3,(H,24,26). The summed E-state index contributed by atoms with van der Waals surface area (Å²) in [7, 11) is 0. The lowest BCUT2D eigenvalue weighted by atomic mass is 10.1. The third-order valence-corrected chi connectivity index (χ3v) is 4.69. The van der Waals surface area contributed by atoms with Crippen LogP contribution in [-0.2, 0) is 27.4 Å². The first-order chi connectivity index (χ1) is 14.2. The Balaban J connectivity index is 1.32. The summed E-state index contributed by atoms with van der Waals surface area (Å²) in [4.78, 5) is 14.4. The molecule has 156 valence electrons. The van der Waals surface area contributed by atoms with E-state index in [0.29, 0.717) is 19.8 Å². The second-order valence-corrected chi connectivity index (χ2v) is 7.23. The minimum absolute atomic E-state index is 0.0313. The van der Waals surface area contributed by atoms with Crippen molar-refractivity contribution in [3.8, 4) is 5.75 Å². The van der Waals surface area contributed by atoms with E-state index < -0.39 is 0 Å². The Hall–Kier alpha value is -2.41. The normalized spacial score (nSPS) is 17.1. The molecule has 1 saturated heterocycles. The molecule has 0 aliphatic carbocycles. The lowest BCUT2D eigenvalue weighted by Gasteiger charge is -2.31. The van der Waals surface area contributed by atoms with Crippen LogP contribution >= 0.6 is 0 Å². The maximum absolute atomic E-state index is 12.0. The summed E-state index contributed by atoms with van der Waals surface area (Å²) in [5.41, 5.74) is 2.34. The highest BCUT2D eigenvalue weighted by molar-refractivity contribution is 5.77. The van der Waals surface area contributed by atoms with E-state index >= 15 is 0 Å². The summed E-state index contributed by atoms with van der Waals surface area (Å²) in [6, 6.07) is 17.9. The van der Waals surface area contributed by atoms with Crippen LogP contribution < -0.4 is 10.1 Å². The number of para-hydroxylation sites is 1. The van der Waals surface area contributed by atoms with Crippen LogP contribution in [-0.4, -0.2) is 56.4 Å². The molecule has 0 aromatic heterocycles. The molecular weight excluding hydrogens is 368 g/mol. The molecule has 0 spiro atoms. The van der Waals surface area contributed by atoms with Crippen molar-refractivity contribution >= 4 is 5.91 Å². The highest BCUT2D eigenvalue weighted by Gasteiger charge is 2.16. The molecule has 6 heteroatoms. The van der Waals surface area contributed by atoms with Gasteiger partial charge in [0.05, 0.1) is 19.3 Å². The Morgan fingerprint density at radius 2 is 1.97 bits per heavy atom. The molecule has 3 rings (SSSR count). The highest BCUT2D eigenvalue weighted by Crippen LogP contribution is 2.12. The average molecular weight is 399 g/mol. The van der Waals surface area contributed by atoms with Gasteiger partial charge in [-0.15, -0.1) is 0 Å². The van der Waals surface area contributed by atoms with E-state index in [2.05, 4.69) is 29.3 Å². The van der Waals surface area contributed by atoms with E-state index in [9.17, 15) is 4.79 Å². The van der Waals surface area contributed by atoms with Crippen molar-refractivity contribution in [2.45, 2.75) is 26.1 Å². The lowest BCUT2D eigenvalue weighted by molar-refractivity contribution is -0.126. The largest absolute Gasteiger partial charge is 0.491 e. The molecule has 6 nitrogen and oxygen atoms in total. The maximum atomic E-state index is 12.0. The minimum Gasteiger partial charge on any atom is -0.491 e. The lowest BCUT2D eigenvalue weighted by Crippen LogP contribution is -2.40. The van der Waals surface area contributed by atoms with E-state index in [0.717, 1.165) is 37.6 Å². The summed E-state index contributed by atoms with van der Waals surface area (Å²) < 4.78 is 16.5. The molecule has 0 saturated carbocycles. The van der Waals surface area contributed by atoms with E-state index in [1.54, 1.807) is 0 Å². The second kappa shape index (κ2) is 11.6. The SMILES string of the molecule is CC1CN(Cc2cccc(CNC(=O)COCCOc3ccccc3)c2)CCO1. The van der Waals surface area contributed by atoms with Crippen LogP contribution in [0.4, 0.5) is 0 Å². The zero-order chi connectivity index (χ0) is 20.3. The molecule has 1 aliphatic heterocycles. The quantitative estimate of drug-likeness (QED) is 0.624. The van der Waals surface area contributed by atoms with Crippen LogP contribution in [0, 0.1) is 0 Å². The number of benzene rings is 2. The van der Waals surface area contributed by atoms with Gasteiger partial charge < -0.3 is 19.5 Å². The molecule has 0 radical (unpaired) electrons. The number of rotatable bonds is 10. The van der Waals surface area contributed by atoms with Crippen molar-refractivity contribution in [1.82, 2.24) is 10.2 Å². The van der Waals surface area contributed by atoms with E-state index in [1.807, 2.05) is 42.5 Å². The Bertz CT molecular complexity index is 754. The number of ether oxygens (including phenoxy) is 3. The molecule has 1 fully saturated rings. The van der Waals surface area contributed by atoms with Crippen LogP contribution in [0.5, 0.6) is 5.75 Å². The van der Waals surface area contributed by atoms with Crippen molar-refractivity contribution in [2.24, 2.45) is 0 Å². The summed E-state index contributed by atoms with van der Waals surface area (Å²) in [6.45, 7) is 7.01. The monoisotopic (exact) mass is 398 g/mol. The summed E-state index contributed by atoms with van der Waals surface area (Å²) in [6.07, 6.45) is 0.282. The molecule has 2 aromatic carbocycles. The van der Waals surface area contributed by atoms with Crippen molar-refractivity contribution in [1.29, 1.82) is 0 Å². The third-order valence-electron chi connectivity index (χ3n) is 4.69. The number of carbonyl (C=O) groups excluding carboxylic acids is 1. The smallest absolute Gasteiger partial charge is 0.246 e. The summed E-state index contributed by atoms with van der Waals surface area (Å²) in [5.74, 6) is 0.670. The molecule has 1 aliphatic rings. The Morgan fingerprint density at radius 3 is 2.79 bits per heavy atom. The molecule has 1 amide bonds. The fraction of sp³-hybridized carbons (Fsp3) is 0.435. The molecule has 1 atom stereocenters. The number of carbonyl (C=O) groups is 1. The van der Waals surface area contributed by atoms with Crippen molar-refractivity contribution < 1.29 is 19.0 Å². The number of morpholine rings is 1. The molecule has 29 heavy (non-hydrogen) atoms. The van der Waals surface area contributed by atoms with Gasteiger partial charge in [-0.3, -0.25) is 9.69 Å². The molecule has 1 unspecified atom stereocenters. The van der Waals surface area contributed by atoms with Gasteiger partial charge in [-0.2, -0.15) is 0 Å². The van der Waals surface area contributed by atoms with Gasteiger partial charge in [0.15, 0.2) is 0 Å². The first-order valence-corrected chi connectivity index (χ1v) is 10.1. The average Bonchev–Trinajstić information content (AvgIpc) is 2.73. The molecular formula is C23H30N2O4. The van der Waals surface area contributed by atoms with Gasteiger partial charge in [0.25, 0.3) is 0 Å². The number of nitrogens with zero attached hydrogens (tertiary/aromatic N) is 1. The Morgan fingerprint density at radius 1 is 1.14 bits per heavy atom. The Labute approximate surface area is 172 Å². The van der Waals surface area contributed by atoms with Crippen LogP contribution in [0.15, 0.2) is 54.6 Å². The van der Waals surface area contributed by atoms with Gasteiger partial charge in [0, 0.05) is 26.2 Å². The first-order valence-electron chi connectivity index (χ1n) is 10.1. The molecule has 1 heterocycles. The molecule has 0 bridgehead atoms. The van der Waals surface area contributed by atoms with E-state index in [4.69, 9.17) is 14.2 Å². The summed E-state index contributed by atoms with van der Waals surface area (Å²) >= 11 is 0. The van der Waals surface area contributed by atoms with Crippen LogP contribution in [0.1, 0.15) is 18.1 Å². The number of hydrogen-bond acceptors (Lipinski definition) is 5. The fourth-order valence-electron chi connectivity index (χ4n) is 3.28. The molecule has 1 N–H and O–H groups in total. The van der Waals surface area contributed by atoms with Crippen molar-refractivity contribution in [3.63, 3.8) is 0 Å². The molecule has 2 aromatic rings. The highest BCUT2D eigenvalue weighted by atomic mass is 16.5. The van der Waals surface area contributed by atoms with Crippen LogP contribution in [0.2, 0.25) is 0 Å². The second-order valence-electron chi connectivity index (χ2n) is 7.23. The zero-order valence-electron chi connectivity index (χ0n) is 17.0. The fourth-order valence-corrected chi connectivity index (χ4v) is 3.28. The number of hydrogen-bond donors (Lipinski definition) is 1. The summed E-state index contributed by atoms with van der Waals surface area (Å²) in [5, 5.41) is 2.91. The van der Waals surface area contributed by atoms with E-state index in [1.165, 1.54) is 5.56 Å². The van der Waals surface area contributed by atoms with Crippen molar-refractivity contribution in [3.05, 3.63) is 65.7 Å². The predicted octanol–water partition coefficient (Wildman–Crippen LogP) is 2.62. The maximum Gasteiger partial charge on any atom is 0.246 e. The van der Waals surface area contributed by atoms with E-state index in [-0.39, 0.29) is 18.6 Å². The number of nitrogens with one attached hydrogen (secondary N) is 1. The van der Waals surface area contributed by atoms with Crippen LogP contribution in [0.25, 0.3) is 0 Å². The van der Waals surface area contributed by atoms with Gasteiger partial charge in [0.2, 0.25) is 5.91 Å². The van der Waals surface area contributed by atoms with Gasteiger partial charge in [-0.05, 0) is 30.2 Å². The minimum atomic E-state index is -0.128. The topological polar surface area (TPSA) is 60.0 Å². The first kappa shape index (κ1) is 21.3. The predicted molar refractivity (Wildman–Crippen MR) is 112 cm³/mol. The number of amides is 1. The van der Waals surface area contributed by atoms with Gasteiger partial charge in [0.1, 0.15) is 19.0 Å². The van der Waals surface area contributed by atoms with Gasteiger partial charge >= 0.3 is 0 Å². The third kappa shape index (κ3) is 7.85. The zero-order valence-corrected chi connectivity index (χ0v) is 17.0.